The zero-order valence-corrected chi connectivity index (χ0v) is 8.64. The first-order chi connectivity index (χ1) is 6.83. The normalized spacial score (nSPS) is 11.4. The van der Waals surface area contributed by atoms with Gasteiger partial charge >= 0.3 is 0 Å². The molecule has 0 bridgehead atoms. The molecule has 0 aliphatic rings. The highest BCUT2D eigenvalue weighted by molar-refractivity contribution is 7.92. The van der Waals surface area contributed by atoms with Gasteiger partial charge in [0.2, 0.25) is 0 Å². The lowest BCUT2D eigenvalue weighted by Gasteiger charge is -2.03. The highest BCUT2D eigenvalue weighted by Crippen LogP contribution is 2.17. The minimum atomic E-state index is -4.08. The van der Waals surface area contributed by atoms with Gasteiger partial charge in [0, 0.05) is 0 Å². The maximum absolute atomic E-state index is 13.1. The molecule has 3 nitrogen and oxygen atoms in total. The topological polar surface area (TPSA) is 51.2 Å². The molecule has 0 N–H and O–H groups in total. The molecule has 0 saturated carbocycles. The molecule has 0 aliphatic carbocycles. The predicted molar refractivity (Wildman–Crippen MR) is 49.1 cm³/mol. The van der Waals surface area contributed by atoms with Gasteiger partial charge in [0.25, 0.3) is 0 Å². The molecule has 0 atom stereocenters. The number of benzene rings is 1. The van der Waals surface area contributed by atoms with E-state index in [1.54, 1.807) is 0 Å². The van der Waals surface area contributed by atoms with E-state index in [-0.39, 0.29) is 0 Å². The van der Waals surface area contributed by atoms with Crippen LogP contribution in [-0.4, -0.2) is 20.0 Å². The summed E-state index contributed by atoms with van der Waals surface area (Å²) >= 11 is 0. The van der Waals surface area contributed by atoms with Gasteiger partial charge in [0.15, 0.2) is 9.84 Å². The number of ketones is 1. The minimum Gasteiger partial charge on any atom is -0.299 e. The Morgan fingerprint density at radius 1 is 1.33 bits per heavy atom. The van der Waals surface area contributed by atoms with Crippen molar-refractivity contribution >= 4 is 15.6 Å². The zero-order valence-electron chi connectivity index (χ0n) is 7.83. The van der Waals surface area contributed by atoms with E-state index in [1.807, 2.05) is 0 Å². The molecular formula is C9H8F2O3S. The van der Waals surface area contributed by atoms with Crippen LogP contribution >= 0.6 is 0 Å². The van der Waals surface area contributed by atoms with Crippen LogP contribution < -0.4 is 0 Å². The van der Waals surface area contributed by atoms with Crippen molar-refractivity contribution in [2.45, 2.75) is 11.8 Å². The third kappa shape index (κ3) is 2.82. The molecule has 0 heterocycles. The number of sulfone groups is 1. The highest BCUT2D eigenvalue weighted by atomic mass is 32.2. The molecule has 1 aromatic carbocycles. The molecular weight excluding hydrogens is 226 g/mol. The molecule has 0 spiro atoms. The van der Waals surface area contributed by atoms with Gasteiger partial charge in [0.05, 0.1) is 0 Å². The second-order valence-corrected chi connectivity index (χ2v) is 4.99. The van der Waals surface area contributed by atoms with Crippen molar-refractivity contribution in [1.82, 2.24) is 0 Å². The number of hydrogen-bond donors (Lipinski definition) is 0. The van der Waals surface area contributed by atoms with Gasteiger partial charge in [-0.1, -0.05) is 0 Å². The summed E-state index contributed by atoms with van der Waals surface area (Å²) in [7, 11) is -4.08. The number of carbonyl (C=O) groups is 1. The lowest BCUT2D eigenvalue weighted by atomic mass is 10.3. The molecule has 0 radical (unpaired) electrons. The van der Waals surface area contributed by atoms with Crippen LogP contribution in [0.5, 0.6) is 0 Å². The van der Waals surface area contributed by atoms with E-state index >= 15 is 0 Å². The van der Waals surface area contributed by atoms with E-state index in [0.717, 1.165) is 13.0 Å². The number of halogens is 2. The van der Waals surface area contributed by atoms with E-state index in [0.29, 0.717) is 12.1 Å². The summed E-state index contributed by atoms with van der Waals surface area (Å²) in [5, 5.41) is 0. The molecule has 82 valence electrons. The minimum absolute atomic E-state index is 0.563. The Morgan fingerprint density at radius 3 is 2.47 bits per heavy atom. The Labute approximate surface area is 85.6 Å². The smallest absolute Gasteiger partial charge is 0.188 e. The van der Waals surface area contributed by atoms with Gasteiger partial charge in [-0.05, 0) is 25.1 Å². The fraction of sp³-hybridized carbons (Fsp3) is 0.222. The van der Waals surface area contributed by atoms with E-state index in [1.165, 1.54) is 0 Å². The number of Topliss-reactive ketones (excluding diaryl/α,β-unsaturated/α-hetero) is 1. The number of hydrogen-bond acceptors (Lipinski definition) is 3. The van der Waals surface area contributed by atoms with Crippen LogP contribution in [0.3, 0.4) is 0 Å². The summed E-state index contributed by atoms with van der Waals surface area (Å²) < 4.78 is 48.5. The summed E-state index contributed by atoms with van der Waals surface area (Å²) in [6, 6.07) is 2.08. The van der Waals surface area contributed by atoms with E-state index in [9.17, 15) is 22.0 Å². The average Bonchev–Trinajstić information content (AvgIpc) is 2.06. The summed E-state index contributed by atoms with van der Waals surface area (Å²) in [5.41, 5.74) is 0. The Hall–Kier alpha value is -1.30. The summed E-state index contributed by atoms with van der Waals surface area (Å²) in [6.07, 6.45) is 0. The maximum Gasteiger partial charge on any atom is 0.188 e. The number of carbonyl (C=O) groups excluding carboxylic acids is 1. The van der Waals surface area contributed by atoms with Gasteiger partial charge in [-0.25, -0.2) is 17.2 Å². The molecule has 1 rings (SSSR count). The van der Waals surface area contributed by atoms with Crippen LogP contribution in [0.2, 0.25) is 0 Å². The van der Waals surface area contributed by atoms with Crippen molar-refractivity contribution in [3.8, 4) is 0 Å². The fourth-order valence-corrected chi connectivity index (χ4v) is 2.41. The molecule has 0 saturated heterocycles. The second-order valence-electron chi connectivity index (χ2n) is 3.04. The lowest BCUT2D eigenvalue weighted by molar-refractivity contribution is -0.114. The van der Waals surface area contributed by atoms with Crippen LogP contribution in [0.25, 0.3) is 0 Å². The summed E-state index contributed by atoms with van der Waals surface area (Å²) in [4.78, 5) is 9.85. The molecule has 15 heavy (non-hydrogen) atoms. The summed E-state index contributed by atoms with van der Waals surface area (Å²) in [5.74, 6) is -3.37. The van der Waals surface area contributed by atoms with Crippen molar-refractivity contribution in [2.75, 3.05) is 5.75 Å². The second kappa shape index (κ2) is 4.06. The van der Waals surface area contributed by atoms with Crippen LogP contribution in [0.4, 0.5) is 8.78 Å². The Kier molecular flexibility index (Phi) is 3.18. The molecule has 0 fully saturated rings. The Bertz CT molecular complexity index is 494. The zero-order chi connectivity index (χ0) is 11.6. The van der Waals surface area contributed by atoms with Crippen LogP contribution in [0.15, 0.2) is 23.1 Å². The first-order valence-electron chi connectivity index (χ1n) is 4.00. The molecule has 1 aromatic rings. The van der Waals surface area contributed by atoms with Gasteiger partial charge in [-0.15, -0.1) is 0 Å². The standard InChI is InChI=1S/C9H8F2O3S/c1-6(12)5-15(13,14)9-4-7(10)2-3-8(9)11/h2-4H,5H2,1H3. The Balaban J connectivity index is 3.26. The molecule has 0 aliphatic heterocycles. The molecule has 6 heteroatoms. The Morgan fingerprint density at radius 2 is 1.93 bits per heavy atom. The maximum atomic E-state index is 13.1. The first-order valence-corrected chi connectivity index (χ1v) is 5.65. The monoisotopic (exact) mass is 234 g/mol. The molecule has 0 unspecified atom stereocenters. The van der Waals surface area contributed by atoms with Crippen LogP contribution in [-0.2, 0) is 14.6 Å². The predicted octanol–water partition coefficient (Wildman–Crippen LogP) is 1.33. The highest BCUT2D eigenvalue weighted by Gasteiger charge is 2.21. The summed E-state index contributed by atoms with van der Waals surface area (Å²) in [6.45, 7) is 1.06. The van der Waals surface area contributed by atoms with Gasteiger partial charge < -0.3 is 0 Å². The lowest BCUT2D eigenvalue weighted by Crippen LogP contribution is -2.15. The van der Waals surface area contributed by atoms with E-state index in [4.69, 9.17) is 0 Å². The quantitative estimate of drug-likeness (QED) is 0.792. The van der Waals surface area contributed by atoms with Crippen LogP contribution in [0, 0.1) is 11.6 Å². The molecule has 0 amide bonds. The van der Waals surface area contributed by atoms with Crippen molar-refractivity contribution in [3.05, 3.63) is 29.8 Å². The molecule has 0 aromatic heterocycles. The largest absolute Gasteiger partial charge is 0.299 e. The fourth-order valence-electron chi connectivity index (χ4n) is 1.06. The van der Waals surface area contributed by atoms with Gasteiger partial charge in [-0.2, -0.15) is 0 Å². The van der Waals surface area contributed by atoms with Crippen molar-refractivity contribution < 1.29 is 22.0 Å². The van der Waals surface area contributed by atoms with Crippen molar-refractivity contribution in [3.63, 3.8) is 0 Å². The third-order valence-corrected chi connectivity index (χ3v) is 3.39. The van der Waals surface area contributed by atoms with Gasteiger partial charge in [-0.3, -0.25) is 4.79 Å². The number of rotatable bonds is 3. The van der Waals surface area contributed by atoms with E-state index < -0.39 is 37.9 Å². The van der Waals surface area contributed by atoms with Crippen molar-refractivity contribution in [2.24, 2.45) is 0 Å². The van der Waals surface area contributed by atoms with Gasteiger partial charge in [0.1, 0.15) is 28.1 Å². The van der Waals surface area contributed by atoms with Crippen LogP contribution in [0.1, 0.15) is 6.92 Å². The SMILES string of the molecule is CC(=O)CS(=O)(=O)c1cc(F)ccc1F. The van der Waals surface area contributed by atoms with E-state index in [2.05, 4.69) is 0 Å². The third-order valence-electron chi connectivity index (χ3n) is 1.62. The average molecular weight is 234 g/mol. The first kappa shape index (κ1) is 11.8. The van der Waals surface area contributed by atoms with Crippen molar-refractivity contribution in [1.29, 1.82) is 0 Å².